The maximum absolute atomic E-state index is 8.65. The van der Waals surface area contributed by atoms with Crippen LogP contribution in [0.3, 0.4) is 0 Å². The number of phenols is 8. The Morgan fingerprint density at radius 3 is 0.500 bits per heavy atom. The molecule has 0 aliphatic heterocycles. The molecule has 8 N–H and O–H groups in total. The van der Waals surface area contributed by atoms with E-state index in [2.05, 4.69) is 13.8 Å². The smallest absolute Gasteiger partial charge is 0.115 e. The Morgan fingerprint density at radius 1 is 0.262 bits per heavy atom. The highest BCUT2D eigenvalue weighted by molar-refractivity contribution is 5.30. The van der Waals surface area contributed by atoms with Crippen LogP contribution in [0.2, 0.25) is 0 Å². The lowest BCUT2D eigenvalue weighted by molar-refractivity contribution is 0.460. The third-order valence-corrected chi connectivity index (χ3v) is 5.36. The van der Waals surface area contributed by atoms with Crippen LogP contribution in [0.1, 0.15) is 65.2 Å². The number of hydrogen-bond donors (Lipinski definition) is 8. The molecule has 0 aromatic heterocycles. The van der Waals surface area contributed by atoms with Crippen molar-refractivity contribution < 1.29 is 40.9 Å². The van der Waals surface area contributed by atoms with Crippen molar-refractivity contribution in [1.82, 2.24) is 0 Å². The number of benzene rings is 4. The zero-order valence-corrected chi connectivity index (χ0v) is 24.5. The van der Waals surface area contributed by atoms with Crippen LogP contribution < -0.4 is 0 Å². The lowest BCUT2D eigenvalue weighted by atomic mass is 10.1. The molecule has 0 spiro atoms. The molecular weight excluding hydrogens is 536 g/mol. The van der Waals surface area contributed by atoms with E-state index in [1.54, 1.807) is 0 Å². The lowest BCUT2D eigenvalue weighted by Gasteiger charge is -1.97. The Kier molecular flexibility index (Phi) is 21.4. The molecular formula is C34H46O8. The molecule has 4 aromatic rings. The summed E-state index contributed by atoms with van der Waals surface area (Å²) in [5.74, 6) is 1.35. The Labute approximate surface area is 249 Å². The minimum atomic E-state index is 0.169. The molecule has 230 valence electrons. The van der Waals surface area contributed by atoms with Gasteiger partial charge in [-0.2, -0.15) is 0 Å². The summed E-state index contributed by atoms with van der Waals surface area (Å²) < 4.78 is 0. The second-order valence-corrected chi connectivity index (χ2v) is 9.19. The molecule has 42 heavy (non-hydrogen) atoms. The van der Waals surface area contributed by atoms with Crippen LogP contribution in [0, 0.1) is 0 Å². The molecule has 0 saturated heterocycles. The molecule has 0 saturated carbocycles. The number of hydrogen-bond acceptors (Lipinski definition) is 8. The van der Waals surface area contributed by atoms with Crippen LogP contribution in [0.4, 0.5) is 0 Å². The minimum Gasteiger partial charge on any atom is -0.508 e. The molecule has 0 aliphatic rings. The highest BCUT2D eigenvalue weighted by atomic mass is 16.3. The predicted octanol–water partition coefficient (Wildman–Crippen LogP) is 8.54. The fourth-order valence-corrected chi connectivity index (χ4v) is 3.02. The van der Waals surface area contributed by atoms with Gasteiger partial charge in [0.15, 0.2) is 0 Å². The SMILES string of the molecule is CCCCCCCCCC.Oc1ccc(O)cc1.Oc1ccc(O)cc1.Oc1ccc(O)cc1.Oc1ccc(O)cc1. The van der Waals surface area contributed by atoms with Crippen molar-refractivity contribution >= 4 is 0 Å². The van der Waals surface area contributed by atoms with Gasteiger partial charge in [-0.1, -0.05) is 65.2 Å². The van der Waals surface area contributed by atoms with Gasteiger partial charge >= 0.3 is 0 Å². The summed E-state index contributed by atoms with van der Waals surface area (Å²) in [6, 6.07) is 22.8. The largest absolute Gasteiger partial charge is 0.508 e. The van der Waals surface area contributed by atoms with E-state index in [1.807, 2.05) is 0 Å². The maximum Gasteiger partial charge on any atom is 0.115 e. The van der Waals surface area contributed by atoms with Gasteiger partial charge in [-0.15, -0.1) is 0 Å². The average molecular weight is 583 g/mol. The Hall–Kier alpha value is -4.72. The fourth-order valence-electron chi connectivity index (χ4n) is 3.02. The van der Waals surface area contributed by atoms with Crippen LogP contribution in [-0.4, -0.2) is 40.9 Å². The Bertz CT molecular complexity index is 878. The molecule has 0 fully saturated rings. The predicted molar refractivity (Wildman–Crippen MR) is 167 cm³/mol. The van der Waals surface area contributed by atoms with Crippen LogP contribution in [0.15, 0.2) is 97.1 Å². The van der Waals surface area contributed by atoms with Gasteiger partial charge in [-0.25, -0.2) is 0 Å². The zero-order valence-electron chi connectivity index (χ0n) is 24.5. The second-order valence-electron chi connectivity index (χ2n) is 9.19. The Morgan fingerprint density at radius 2 is 0.381 bits per heavy atom. The van der Waals surface area contributed by atoms with Gasteiger partial charge in [0.1, 0.15) is 46.0 Å². The highest BCUT2D eigenvalue weighted by Gasteiger charge is 1.88. The summed E-state index contributed by atoms with van der Waals surface area (Å²) in [4.78, 5) is 0. The third kappa shape index (κ3) is 23.2. The lowest BCUT2D eigenvalue weighted by Crippen LogP contribution is -1.77. The first-order valence-electron chi connectivity index (χ1n) is 14.0. The second kappa shape index (κ2) is 24.1. The monoisotopic (exact) mass is 582 g/mol. The van der Waals surface area contributed by atoms with Gasteiger partial charge in [0, 0.05) is 0 Å². The van der Waals surface area contributed by atoms with E-state index in [1.165, 1.54) is 148 Å². The van der Waals surface area contributed by atoms with E-state index in [0.29, 0.717) is 0 Å². The molecule has 0 radical (unpaired) electrons. The van der Waals surface area contributed by atoms with Crippen LogP contribution in [-0.2, 0) is 0 Å². The minimum absolute atomic E-state index is 0.169. The van der Waals surface area contributed by atoms with Crippen molar-refractivity contribution in [3.05, 3.63) is 97.1 Å². The molecule has 0 aliphatic carbocycles. The first kappa shape index (κ1) is 37.3. The van der Waals surface area contributed by atoms with Gasteiger partial charge in [0.05, 0.1) is 0 Å². The molecule has 0 atom stereocenters. The average Bonchev–Trinajstić information content (AvgIpc) is 2.98. The van der Waals surface area contributed by atoms with Gasteiger partial charge in [-0.05, 0) is 97.1 Å². The summed E-state index contributed by atoms with van der Waals surface area (Å²) in [7, 11) is 0. The number of unbranched alkanes of at least 4 members (excludes halogenated alkanes) is 7. The van der Waals surface area contributed by atoms with E-state index in [-0.39, 0.29) is 46.0 Å². The molecule has 4 aromatic carbocycles. The summed E-state index contributed by atoms with van der Waals surface area (Å²) in [5.41, 5.74) is 0. The quantitative estimate of drug-likeness (QED) is 0.0794. The summed E-state index contributed by atoms with van der Waals surface area (Å²) in [5, 5.41) is 69.2. The first-order chi connectivity index (χ1) is 20.1. The van der Waals surface area contributed by atoms with Crippen LogP contribution in [0.5, 0.6) is 46.0 Å². The first-order valence-corrected chi connectivity index (χ1v) is 14.0. The van der Waals surface area contributed by atoms with E-state index < -0.39 is 0 Å². The normalized spacial score (nSPS) is 9.29. The van der Waals surface area contributed by atoms with E-state index in [9.17, 15) is 0 Å². The number of rotatable bonds is 7. The van der Waals surface area contributed by atoms with Gasteiger partial charge in [0.2, 0.25) is 0 Å². The maximum atomic E-state index is 8.65. The zero-order chi connectivity index (χ0) is 31.6. The van der Waals surface area contributed by atoms with Crippen molar-refractivity contribution in [2.24, 2.45) is 0 Å². The standard InChI is InChI=1S/C10H22.4C6H6O2/c1-3-5-7-9-10-8-6-4-2;4*7-5-1-2-6(8)4-3-5/h3-10H2,1-2H3;4*1-4,7-8H. The summed E-state index contributed by atoms with van der Waals surface area (Å²) >= 11 is 0. The molecule has 0 unspecified atom stereocenters. The molecule has 0 bridgehead atoms. The molecule has 8 heteroatoms. The van der Waals surface area contributed by atoms with Crippen LogP contribution in [0.25, 0.3) is 0 Å². The van der Waals surface area contributed by atoms with Crippen molar-refractivity contribution in [3.63, 3.8) is 0 Å². The molecule has 0 heterocycles. The van der Waals surface area contributed by atoms with Crippen LogP contribution >= 0.6 is 0 Å². The van der Waals surface area contributed by atoms with Crippen molar-refractivity contribution in [2.75, 3.05) is 0 Å². The van der Waals surface area contributed by atoms with Gasteiger partial charge in [-0.3, -0.25) is 0 Å². The third-order valence-electron chi connectivity index (χ3n) is 5.36. The Balaban J connectivity index is 0.000000501. The van der Waals surface area contributed by atoms with Crippen molar-refractivity contribution in [2.45, 2.75) is 65.2 Å². The summed E-state index contributed by atoms with van der Waals surface area (Å²) in [6.07, 6.45) is 11.5. The van der Waals surface area contributed by atoms with Crippen molar-refractivity contribution in [3.8, 4) is 46.0 Å². The fraction of sp³-hybridized carbons (Fsp3) is 0.294. The number of aromatic hydroxyl groups is 8. The van der Waals surface area contributed by atoms with E-state index in [0.717, 1.165) is 0 Å². The molecule has 0 amide bonds. The molecule has 8 nitrogen and oxygen atoms in total. The summed E-state index contributed by atoms with van der Waals surface area (Å²) in [6.45, 7) is 4.54. The van der Waals surface area contributed by atoms with Gasteiger partial charge < -0.3 is 40.9 Å². The number of phenolic OH excluding ortho intramolecular Hbond substituents is 8. The van der Waals surface area contributed by atoms with Crippen molar-refractivity contribution in [1.29, 1.82) is 0 Å². The topological polar surface area (TPSA) is 162 Å². The van der Waals surface area contributed by atoms with E-state index >= 15 is 0 Å². The molecule has 4 rings (SSSR count). The van der Waals surface area contributed by atoms with Gasteiger partial charge in [0.25, 0.3) is 0 Å². The van der Waals surface area contributed by atoms with E-state index in [4.69, 9.17) is 40.9 Å². The highest BCUT2D eigenvalue weighted by Crippen LogP contribution is 2.15.